The van der Waals surface area contributed by atoms with Crippen molar-refractivity contribution in [3.05, 3.63) is 71.8 Å². The van der Waals surface area contributed by atoms with Gasteiger partial charge in [-0.05, 0) is 35.6 Å². The zero-order valence-electron chi connectivity index (χ0n) is 16.5. The lowest BCUT2D eigenvalue weighted by Gasteiger charge is -2.13. The molecule has 1 aliphatic rings. The summed E-state index contributed by atoms with van der Waals surface area (Å²) in [4.78, 5) is 12.5. The van der Waals surface area contributed by atoms with E-state index < -0.39 is 6.10 Å². The number of benzene rings is 2. The topological polar surface area (TPSA) is 59.3 Å². The predicted octanol–water partition coefficient (Wildman–Crippen LogP) is 6.47. The molecule has 152 valence electrons. The van der Waals surface area contributed by atoms with Crippen molar-refractivity contribution < 1.29 is 14.3 Å². The van der Waals surface area contributed by atoms with Gasteiger partial charge in [-0.2, -0.15) is 5.26 Å². The van der Waals surface area contributed by atoms with Crippen LogP contribution in [0.1, 0.15) is 25.5 Å². The van der Waals surface area contributed by atoms with Crippen molar-refractivity contribution in [1.29, 1.82) is 5.26 Å². The van der Waals surface area contributed by atoms with Crippen molar-refractivity contribution in [1.82, 2.24) is 0 Å². The van der Waals surface area contributed by atoms with Gasteiger partial charge < -0.3 is 9.47 Å². The highest BCUT2D eigenvalue weighted by atomic mass is 35.5. The fourth-order valence-corrected chi connectivity index (χ4v) is 3.45. The number of alkyl halides is 1. The van der Waals surface area contributed by atoms with Crippen LogP contribution in [0.15, 0.2) is 66.2 Å². The van der Waals surface area contributed by atoms with E-state index >= 15 is 0 Å². The first-order valence-corrected chi connectivity index (χ1v) is 10.2. The summed E-state index contributed by atoms with van der Waals surface area (Å²) in [7, 11) is 0. The molecule has 1 saturated carbocycles. The number of halogens is 2. The number of allylic oxidation sites excluding steroid dienone is 1. The quantitative estimate of drug-likeness (QED) is 0.388. The minimum absolute atomic E-state index is 0.0228. The van der Waals surface area contributed by atoms with Crippen LogP contribution in [0, 0.1) is 28.6 Å². The van der Waals surface area contributed by atoms with Gasteiger partial charge in [0.1, 0.15) is 17.6 Å². The third-order valence-electron chi connectivity index (χ3n) is 4.94. The van der Waals surface area contributed by atoms with Crippen LogP contribution in [0.3, 0.4) is 0 Å². The number of hydrogen-bond acceptors (Lipinski definition) is 4. The number of nitriles is 1. The van der Waals surface area contributed by atoms with Gasteiger partial charge in [0.15, 0.2) is 0 Å². The Hall–Kier alpha value is -2.48. The van der Waals surface area contributed by atoms with E-state index in [1.165, 1.54) is 11.9 Å². The molecular weight excluding hydrogens is 409 g/mol. The van der Waals surface area contributed by atoms with E-state index in [1.807, 2.05) is 44.2 Å². The van der Waals surface area contributed by atoms with Gasteiger partial charge in [0, 0.05) is 17.5 Å². The van der Waals surface area contributed by atoms with E-state index in [2.05, 4.69) is 17.7 Å². The van der Waals surface area contributed by atoms with Crippen molar-refractivity contribution in [2.45, 2.75) is 20.0 Å². The second-order valence-corrected chi connectivity index (χ2v) is 7.33. The average Bonchev–Trinajstić information content (AvgIpc) is 3.29. The highest BCUT2D eigenvalue weighted by molar-refractivity contribution is 6.25. The zero-order valence-corrected chi connectivity index (χ0v) is 18.0. The number of carbonyl (C=O) groups is 1. The van der Waals surface area contributed by atoms with Gasteiger partial charge in [0.2, 0.25) is 6.10 Å². The minimum atomic E-state index is -0.992. The molecule has 0 heterocycles. The number of hydrogen-bond donors (Lipinski definition) is 0. The van der Waals surface area contributed by atoms with Crippen molar-refractivity contribution in [3.63, 3.8) is 0 Å². The zero-order chi connectivity index (χ0) is 21.4. The van der Waals surface area contributed by atoms with E-state index in [9.17, 15) is 10.1 Å². The van der Waals surface area contributed by atoms with Gasteiger partial charge in [-0.3, -0.25) is 4.79 Å². The number of rotatable bonds is 6. The molecule has 0 saturated heterocycles. The molecule has 0 aliphatic heterocycles. The summed E-state index contributed by atoms with van der Waals surface area (Å²) in [5.74, 6) is 0.600. The Morgan fingerprint density at radius 2 is 1.79 bits per heavy atom. The van der Waals surface area contributed by atoms with E-state index in [1.54, 1.807) is 30.3 Å². The van der Waals surface area contributed by atoms with Gasteiger partial charge in [0.05, 0.1) is 5.92 Å². The molecule has 0 N–H and O–H groups in total. The van der Waals surface area contributed by atoms with E-state index in [0.717, 1.165) is 0 Å². The molecule has 0 radical (unpaired) electrons. The molecule has 2 aromatic carbocycles. The van der Waals surface area contributed by atoms with Crippen LogP contribution in [0.4, 0.5) is 0 Å². The standard InChI is InChI=1S/C22H20ClNO3.CH3Cl/c1-22(2)18(11-12-23)20(22)21(25)27-19(14-24)15-7-6-10-17(13-15)26-16-8-4-3-5-9-16;1-2/h3-13,18-20H,1-2H3;1H3/b12-11+;. The maximum absolute atomic E-state index is 12.5. The normalized spacial score (nSPS) is 20.0. The van der Waals surface area contributed by atoms with Crippen LogP contribution in [0.25, 0.3) is 0 Å². The van der Waals surface area contributed by atoms with Gasteiger partial charge in [-0.1, -0.05) is 61.9 Å². The highest BCUT2D eigenvalue weighted by Crippen LogP contribution is 2.59. The first kappa shape index (κ1) is 22.8. The van der Waals surface area contributed by atoms with E-state index in [4.69, 9.17) is 21.1 Å². The summed E-state index contributed by atoms with van der Waals surface area (Å²) >= 11 is 10.3. The third kappa shape index (κ3) is 5.53. The number of ether oxygens (including phenoxy) is 2. The molecule has 3 unspecified atom stereocenters. The van der Waals surface area contributed by atoms with E-state index in [-0.39, 0.29) is 23.2 Å². The molecule has 29 heavy (non-hydrogen) atoms. The lowest BCUT2D eigenvalue weighted by molar-refractivity contribution is -0.149. The molecule has 1 aliphatic carbocycles. The van der Waals surface area contributed by atoms with Gasteiger partial charge in [-0.15, -0.1) is 11.6 Å². The molecular formula is C23H23Cl2NO3. The predicted molar refractivity (Wildman–Crippen MR) is 115 cm³/mol. The average molecular weight is 432 g/mol. The molecule has 4 nitrogen and oxygen atoms in total. The van der Waals surface area contributed by atoms with Crippen LogP contribution < -0.4 is 4.74 Å². The first-order chi connectivity index (χ1) is 14.0. The molecule has 2 aromatic rings. The number of carbonyl (C=O) groups excluding carboxylic acids is 1. The Labute approximate surface area is 181 Å². The lowest BCUT2D eigenvalue weighted by atomic mass is 10.1. The van der Waals surface area contributed by atoms with Crippen LogP contribution >= 0.6 is 23.2 Å². The van der Waals surface area contributed by atoms with Crippen LogP contribution in [0.5, 0.6) is 11.5 Å². The monoisotopic (exact) mass is 431 g/mol. The second kappa shape index (κ2) is 10.3. The van der Waals surface area contributed by atoms with Crippen LogP contribution in [-0.4, -0.2) is 12.4 Å². The lowest BCUT2D eigenvalue weighted by Crippen LogP contribution is -2.14. The SMILES string of the molecule is CC1(C)C(/C=C/Cl)C1C(=O)OC(C#N)c1cccc(Oc2ccccc2)c1.CCl. The molecule has 3 rings (SSSR count). The molecule has 1 fully saturated rings. The molecule has 6 heteroatoms. The second-order valence-electron chi connectivity index (χ2n) is 7.08. The highest BCUT2D eigenvalue weighted by Gasteiger charge is 2.61. The fraction of sp³-hybridized carbons (Fsp3) is 0.304. The van der Waals surface area contributed by atoms with Gasteiger partial charge in [0.25, 0.3) is 0 Å². The van der Waals surface area contributed by atoms with Gasteiger partial charge >= 0.3 is 5.97 Å². The Balaban J connectivity index is 0.00000145. The Morgan fingerprint density at radius 1 is 1.14 bits per heavy atom. The molecule has 0 amide bonds. The Morgan fingerprint density at radius 3 is 2.41 bits per heavy atom. The third-order valence-corrected chi connectivity index (χ3v) is 5.08. The Bertz CT molecular complexity index is 890. The summed E-state index contributed by atoms with van der Waals surface area (Å²) in [6.45, 7) is 3.96. The van der Waals surface area contributed by atoms with Crippen LogP contribution in [-0.2, 0) is 9.53 Å². The summed E-state index contributed by atoms with van der Waals surface area (Å²) < 4.78 is 11.3. The summed E-state index contributed by atoms with van der Waals surface area (Å²) in [5.41, 5.74) is 1.77. The molecule has 0 aromatic heterocycles. The molecule has 0 bridgehead atoms. The van der Waals surface area contributed by atoms with Crippen LogP contribution in [0.2, 0.25) is 0 Å². The molecule has 0 spiro atoms. The smallest absolute Gasteiger partial charge is 0.311 e. The minimum Gasteiger partial charge on any atom is -0.457 e. The largest absolute Gasteiger partial charge is 0.457 e. The van der Waals surface area contributed by atoms with Crippen molar-refractivity contribution in [3.8, 4) is 17.6 Å². The van der Waals surface area contributed by atoms with Crippen molar-refractivity contribution >= 4 is 29.2 Å². The van der Waals surface area contributed by atoms with E-state index in [0.29, 0.717) is 17.1 Å². The number of para-hydroxylation sites is 1. The summed E-state index contributed by atoms with van der Waals surface area (Å²) in [6, 6.07) is 18.4. The summed E-state index contributed by atoms with van der Waals surface area (Å²) in [6.07, 6.45) is 2.28. The van der Waals surface area contributed by atoms with Gasteiger partial charge in [-0.25, -0.2) is 0 Å². The molecule has 3 atom stereocenters. The fourth-order valence-electron chi connectivity index (χ4n) is 3.29. The Kier molecular flexibility index (Phi) is 8.13. The van der Waals surface area contributed by atoms with Crippen molar-refractivity contribution in [2.24, 2.45) is 17.3 Å². The summed E-state index contributed by atoms with van der Waals surface area (Å²) in [5, 5.41) is 9.51. The maximum Gasteiger partial charge on any atom is 0.311 e. The van der Waals surface area contributed by atoms with Crippen molar-refractivity contribution in [2.75, 3.05) is 6.38 Å². The number of nitrogens with zero attached hydrogens (tertiary/aromatic N) is 1. The maximum atomic E-state index is 12.5. The number of esters is 1. The first-order valence-electron chi connectivity index (χ1n) is 9.05.